The number of unbranched alkanes of at least 4 members (excludes halogenated alkanes) is 1. The number of benzene rings is 1. The number of aliphatic hydroxyl groups is 1. The lowest BCUT2D eigenvalue weighted by molar-refractivity contribution is -0.152. The van der Waals surface area contributed by atoms with E-state index in [4.69, 9.17) is 17.2 Å². The number of carbonyl (C=O) groups excluding carboxylic acids is 8. The van der Waals surface area contributed by atoms with Crippen molar-refractivity contribution in [3.63, 3.8) is 0 Å². The van der Waals surface area contributed by atoms with Crippen LogP contribution in [-0.4, -0.2) is 170 Å². The molecule has 414 valence electrons. The van der Waals surface area contributed by atoms with Gasteiger partial charge in [0.2, 0.25) is 47.3 Å². The van der Waals surface area contributed by atoms with Gasteiger partial charge >= 0.3 is 5.97 Å². The van der Waals surface area contributed by atoms with Gasteiger partial charge in [-0.15, -0.1) is 0 Å². The average Bonchev–Trinajstić information content (AvgIpc) is 4.07. The third-order valence-electron chi connectivity index (χ3n) is 13.1. The number of aliphatic imine (C=N–C) groups is 1. The maximum absolute atomic E-state index is 14.1. The number of amides is 8. The summed E-state index contributed by atoms with van der Waals surface area (Å²) in [6.07, 6.45) is 6.05. The van der Waals surface area contributed by atoms with Crippen LogP contribution in [0, 0.1) is 11.8 Å². The van der Waals surface area contributed by atoms with Crippen LogP contribution in [0.4, 0.5) is 0 Å². The van der Waals surface area contributed by atoms with Crippen LogP contribution in [0.15, 0.2) is 47.8 Å². The number of carbonyl (C=O) groups is 9. The van der Waals surface area contributed by atoms with Gasteiger partial charge in [-0.2, -0.15) is 0 Å². The average molecular weight is 1050 g/mol. The van der Waals surface area contributed by atoms with Crippen LogP contribution in [-0.2, 0) is 56.0 Å². The van der Waals surface area contributed by atoms with E-state index in [0.717, 1.165) is 12.8 Å². The van der Waals surface area contributed by atoms with E-state index in [1.165, 1.54) is 22.3 Å². The number of likely N-dealkylation sites (tertiary alicyclic amines) is 2. The minimum atomic E-state index is -1.69. The molecule has 2 aliphatic rings. The zero-order chi connectivity index (χ0) is 55.4. The molecule has 2 saturated heterocycles. The Kier molecular flexibility index (Phi) is 23.9. The van der Waals surface area contributed by atoms with E-state index >= 15 is 0 Å². The Hall–Kier alpha value is -7.15. The number of nitrogens with two attached hydrogens (primary N) is 3. The van der Waals surface area contributed by atoms with Crippen molar-refractivity contribution in [3.05, 3.63) is 54.1 Å². The number of nitrogens with zero attached hydrogens (tertiary/aromatic N) is 4. The number of H-pyrrole nitrogens is 1. The van der Waals surface area contributed by atoms with E-state index in [1.54, 1.807) is 44.2 Å². The molecule has 3 heterocycles. The number of hydrogen-bond acceptors (Lipinski definition) is 13. The summed E-state index contributed by atoms with van der Waals surface area (Å²) < 4.78 is 0. The minimum Gasteiger partial charge on any atom is -0.480 e. The fraction of sp³-hybridized carbons (Fsp3) is 0.620. The Labute approximate surface area is 437 Å². The molecule has 75 heavy (non-hydrogen) atoms. The van der Waals surface area contributed by atoms with Crippen molar-refractivity contribution in [2.75, 3.05) is 26.2 Å². The quantitative estimate of drug-likeness (QED) is 0.0230. The minimum absolute atomic E-state index is 0.00759. The first kappa shape index (κ1) is 60.4. The van der Waals surface area contributed by atoms with Crippen LogP contribution < -0.4 is 49.1 Å². The largest absolute Gasteiger partial charge is 0.480 e. The second-order valence-corrected chi connectivity index (χ2v) is 19.9. The Morgan fingerprint density at radius 1 is 0.733 bits per heavy atom. The van der Waals surface area contributed by atoms with Gasteiger partial charge in [0, 0.05) is 44.4 Å². The van der Waals surface area contributed by atoms with E-state index in [1.807, 2.05) is 20.8 Å². The number of aliphatic hydroxyl groups excluding tert-OH is 1. The van der Waals surface area contributed by atoms with Crippen LogP contribution in [0.1, 0.15) is 104 Å². The number of imidazole rings is 1. The molecule has 4 rings (SSSR count). The SMILES string of the molecule is CCCC[C@H](N)C(=O)N1CCC[C@H]1C(=O)N[C@@H](CC(C)C)C(=O)N[C@@H](Cc1cnc[nH]1)C(=O)N[C@@H](CO)C(=O)N[C@@H](CCCN=C(N)N)C(=O)N[C@H](C(=O)N1CC[C@H]1C(=O)N[C@@H](Cc1ccccc1)C(=O)O)C(C)C. The Bertz CT molecular complexity index is 2280. The topological polar surface area (TPSA) is 392 Å². The lowest BCUT2D eigenvalue weighted by Gasteiger charge is -2.42. The van der Waals surface area contributed by atoms with Crippen molar-refractivity contribution in [2.45, 2.75) is 160 Å². The van der Waals surface area contributed by atoms with Crippen LogP contribution in [0.3, 0.4) is 0 Å². The van der Waals surface area contributed by atoms with Crippen LogP contribution in [0.5, 0.6) is 0 Å². The monoisotopic (exact) mass is 1050 g/mol. The molecule has 25 nitrogen and oxygen atoms in total. The number of aromatic nitrogens is 2. The standard InChI is InChI=1S/C50H78N14O11/c1-6-7-15-32(51)47(72)63-20-12-17-38(63)45(70)59-34(22-28(2)3)42(67)58-35(24-31-25-54-27-56-31)43(68)61-37(26-65)44(69)57-33(16-11-19-55-50(52)53)41(66)62-40(29(4)5)48(73)64-21-18-39(64)46(71)60-36(49(74)75)23-30-13-9-8-10-14-30/h8-10,13-14,25,27-29,32-40,65H,6-7,11-12,15-24,26,51H2,1-5H3,(H,54,56)(H,57,69)(H,58,67)(H,59,70)(H,60,71)(H,61,68)(H,62,66)(H,74,75)(H4,52,53,55)/t32-,33-,34-,35-,36-,37-,38-,39-,40-/m0/s1. The normalized spacial score (nSPS) is 18.0. The predicted molar refractivity (Wildman–Crippen MR) is 275 cm³/mol. The van der Waals surface area contributed by atoms with Gasteiger partial charge in [0.15, 0.2) is 5.96 Å². The molecule has 0 bridgehead atoms. The second-order valence-electron chi connectivity index (χ2n) is 19.9. The molecular formula is C50H78N14O11. The van der Waals surface area contributed by atoms with Gasteiger partial charge in [0.05, 0.1) is 19.0 Å². The van der Waals surface area contributed by atoms with E-state index in [2.05, 4.69) is 46.9 Å². The Morgan fingerprint density at radius 3 is 1.91 bits per heavy atom. The van der Waals surface area contributed by atoms with Crippen LogP contribution in [0.2, 0.25) is 0 Å². The number of aliphatic carboxylic acids is 1. The second kappa shape index (κ2) is 29.7. The first-order valence-corrected chi connectivity index (χ1v) is 25.7. The molecule has 2 aliphatic heterocycles. The Balaban J connectivity index is 1.48. The fourth-order valence-electron chi connectivity index (χ4n) is 8.83. The van der Waals surface area contributed by atoms with Gasteiger partial charge in [0.25, 0.3) is 0 Å². The van der Waals surface area contributed by atoms with Crippen molar-refractivity contribution >= 4 is 59.2 Å². The molecule has 0 unspecified atom stereocenters. The highest BCUT2D eigenvalue weighted by molar-refractivity contribution is 5.98. The molecule has 0 spiro atoms. The molecule has 15 N–H and O–H groups in total. The third-order valence-corrected chi connectivity index (χ3v) is 13.1. The molecule has 8 amide bonds. The van der Waals surface area contributed by atoms with E-state index in [-0.39, 0.29) is 69.4 Å². The lowest BCUT2D eigenvalue weighted by Crippen LogP contribution is -2.65. The number of aromatic amines is 1. The molecular weight excluding hydrogens is 973 g/mol. The van der Waals surface area contributed by atoms with Gasteiger partial charge < -0.3 is 74.1 Å². The molecule has 25 heteroatoms. The molecule has 1 aromatic heterocycles. The highest BCUT2D eigenvalue weighted by Gasteiger charge is 2.43. The van der Waals surface area contributed by atoms with Gasteiger partial charge in [0.1, 0.15) is 48.3 Å². The highest BCUT2D eigenvalue weighted by Crippen LogP contribution is 2.23. The molecule has 0 radical (unpaired) electrons. The Morgan fingerprint density at radius 2 is 1.33 bits per heavy atom. The number of hydrogen-bond donors (Lipinski definition) is 12. The maximum Gasteiger partial charge on any atom is 0.326 e. The van der Waals surface area contributed by atoms with Crippen molar-refractivity contribution in [1.82, 2.24) is 51.7 Å². The molecule has 0 saturated carbocycles. The highest BCUT2D eigenvalue weighted by atomic mass is 16.4. The summed E-state index contributed by atoms with van der Waals surface area (Å²) >= 11 is 0. The summed E-state index contributed by atoms with van der Waals surface area (Å²) in [5.74, 6) is -7.82. The molecule has 0 aliphatic carbocycles. The lowest BCUT2D eigenvalue weighted by atomic mass is 9.95. The van der Waals surface area contributed by atoms with E-state index in [0.29, 0.717) is 37.1 Å². The molecule has 1 aromatic carbocycles. The molecule has 2 fully saturated rings. The smallest absolute Gasteiger partial charge is 0.326 e. The van der Waals surface area contributed by atoms with E-state index in [9.17, 15) is 53.4 Å². The first-order chi connectivity index (χ1) is 35.6. The van der Waals surface area contributed by atoms with Crippen LogP contribution in [0.25, 0.3) is 0 Å². The van der Waals surface area contributed by atoms with E-state index < -0.39 is 114 Å². The van der Waals surface area contributed by atoms with Crippen molar-refractivity contribution in [2.24, 2.45) is 34.0 Å². The first-order valence-electron chi connectivity index (χ1n) is 25.7. The van der Waals surface area contributed by atoms with Crippen molar-refractivity contribution < 1.29 is 53.4 Å². The number of carboxylic acids is 1. The van der Waals surface area contributed by atoms with Crippen LogP contribution >= 0.6 is 0 Å². The summed E-state index contributed by atoms with van der Waals surface area (Å²) in [6, 6.07) is -2.05. The zero-order valence-electron chi connectivity index (χ0n) is 43.6. The van der Waals surface area contributed by atoms with Crippen molar-refractivity contribution in [1.29, 1.82) is 0 Å². The van der Waals surface area contributed by atoms with Gasteiger partial charge in [-0.1, -0.05) is 77.8 Å². The number of carboxylic acid groups (broad SMARTS) is 1. The summed E-state index contributed by atoms with van der Waals surface area (Å²) in [5.41, 5.74) is 18.3. The summed E-state index contributed by atoms with van der Waals surface area (Å²) in [5, 5.41) is 36.1. The van der Waals surface area contributed by atoms with Crippen molar-refractivity contribution in [3.8, 4) is 0 Å². The van der Waals surface area contributed by atoms with Gasteiger partial charge in [-0.3, -0.25) is 43.3 Å². The third kappa shape index (κ3) is 18.3. The number of guanidine groups is 1. The van der Waals surface area contributed by atoms with Gasteiger partial charge in [-0.05, 0) is 62.3 Å². The summed E-state index contributed by atoms with van der Waals surface area (Å²) in [7, 11) is 0. The summed E-state index contributed by atoms with van der Waals surface area (Å²) in [6.45, 7) is 8.56. The fourth-order valence-corrected chi connectivity index (χ4v) is 8.83. The number of nitrogens with one attached hydrogen (secondary N) is 7. The molecule has 9 atom stereocenters. The number of rotatable bonds is 30. The zero-order valence-corrected chi connectivity index (χ0v) is 43.6. The van der Waals surface area contributed by atoms with Gasteiger partial charge in [-0.25, -0.2) is 9.78 Å². The predicted octanol–water partition coefficient (Wildman–Crippen LogP) is -1.95. The maximum atomic E-state index is 14.1. The summed E-state index contributed by atoms with van der Waals surface area (Å²) in [4.78, 5) is 137. The molecule has 2 aromatic rings.